The van der Waals surface area contributed by atoms with E-state index in [1.165, 1.54) is 0 Å². The molecule has 0 unspecified atom stereocenters. The molecule has 15 heavy (non-hydrogen) atoms. The van der Waals surface area contributed by atoms with Gasteiger partial charge < -0.3 is 14.8 Å². The third kappa shape index (κ3) is 3.47. The van der Waals surface area contributed by atoms with Gasteiger partial charge in [-0.15, -0.1) is 0 Å². The predicted octanol–water partition coefficient (Wildman–Crippen LogP) is 1.10. The van der Waals surface area contributed by atoms with Crippen molar-refractivity contribution in [3.05, 3.63) is 0 Å². The van der Waals surface area contributed by atoms with Gasteiger partial charge in [-0.2, -0.15) is 0 Å². The maximum atomic E-state index is 11.1. The van der Waals surface area contributed by atoms with E-state index in [2.05, 4.69) is 19.2 Å². The molecule has 0 amide bonds. The molecule has 4 nitrogen and oxygen atoms in total. The number of hydrogen-bond donors (Lipinski definition) is 1. The Morgan fingerprint density at radius 2 is 2.40 bits per heavy atom. The van der Waals surface area contributed by atoms with Gasteiger partial charge in [0.25, 0.3) is 0 Å². The number of esters is 1. The lowest BCUT2D eigenvalue weighted by Crippen LogP contribution is -2.48. The van der Waals surface area contributed by atoms with Gasteiger partial charge in [0.05, 0.1) is 19.1 Å². The van der Waals surface area contributed by atoms with E-state index in [1.54, 1.807) is 0 Å². The minimum Gasteiger partial charge on any atom is -0.466 e. The molecule has 88 valence electrons. The standard InChI is InChI=1S/C11H21NO3/c1-4-14-10(13)5-7-12-11(3)6-8-15-9(11)2/h9,12H,4-8H2,1-3H3/t9-,11-/m0/s1. The lowest BCUT2D eigenvalue weighted by Gasteiger charge is -2.28. The molecule has 0 aliphatic carbocycles. The quantitative estimate of drug-likeness (QED) is 0.698. The van der Waals surface area contributed by atoms with E-state index in [9.17, 15) is 4.79 Å². The van der Waals surface area contributed by atoms with Gasteiger partial charge >= 0.3 is 5.97 Å². The van der Waals surface area contributed by atoms with E-state index < -0.39 is 0 Å². The Morgan fingerprint density at radius 1 is 1.67 bits per heavy atom. The molecule has 1 heterocycles. The van der Waals surface area contributed by atoms with Crippen molar-refractivity contribution in [2.45, 2.75) is 45.3 Å². The second-order valence-electron chi connectivity index (χ2n) is 4.16. The minimum atomic E-state index is -0.139. The molecule has 0 spiro atoms. The van der Waals surface area contributed by atoms with Crippen molar-refractivity contribution in [3.63, 3.8) is 0 Å². The van der Waals surface area contributed by atoms with Gasteiger partial charge in [-0.25, -0.2) is 0 Å². The molecule has 1 rings (SSSR count). The highest BCUT2D eigenvalue weighted by Crippen LogP contribution is 2.24. The second kappa shape index (κ2) is 5.47. The van der Waals surface area contributed by atoms with Crippen molar-refractivity contribution in [1.29, 1.82) is 0 Å². The Morgan fingerprint density at radius 3 is 2.93 bits per heavy atom. The fourth-order valence-electron chi connectivity index (χ4n) is 1.75. The van der Waals surface area contributed by atoms with E-state index >= 15 is 0 Å². The highest BCUT2D eigenvalue weighted by Gasteiger charge is 2.36. The molecule has 0 bridgehead atoms. The summed E-state index contributed by atoms with van der Waals surface area (Å²) in [6.45, 7) is 7.92. The monoisotopic (exact) mass is 215 g/mol. The number of nitrogens with one attached hydrogen (secondary N) is 1. The molecule has 0 saturated carbocycles. The highest BCUT2D eigenvalue weighted by atomic mass is 16.5. The van der Waals surface area contributed by atoms with Crippen LogP contribution in [0.2, 0.25) is 0 Å². The summed E-state index contributed by atoms with van der Waals surface area (Å²) >= 11 is 0. The van der Waals surface area contributed by atoms with Crippen LogP contribution in [0.1, 0.15) is 33.6 Å². The van der Waals surface area contributed by atoms with Crippen molar-refractivity contribution in [1.82, 2.24) is 5.32 Å². The molecule has 1 aliphatic heterocycles. The van der Waals surface area contributed by atoms with Gasteiger partial charge in [0.2, 0.25) is 0 Å². The fraction of sp³-hybridized carbons (Fsp3) is 0.909. The third-order valence-electron chi connectivity index (χ3n) is 3.05. The van der Waals surface area contributed by atoms with Crippen LogP contribution in [-0.4, -0.2) is 37.4 Å². The van der Waals surface area contributed by atoms with E-state index in [0.29, 0.717) is 19.6 Å². The Hall–Kier alpha value is -0.610. The molecular weight excluding hydrogens is 194 g/mol. The second-order valence-corrected chi connectivity index (χ2v) is 4.16. The summed E-state index contributed by atoms with van der Waals surface area (Å²) in [5.74, 6) is -0.139. The first-order valence-corrected chi connectivity index (χ1v) is 5.61. The Balaban J connectivity index is 2.22. The molecular formula is C11H21NO3. The van der Waals surface area contributed by atoms with Crippen molar-refractivity contribution in [3.8, 4) is 0 Å². The number of ether oxygens (including phenoxy) is 2. The van der Waals surface area contributed by atoms with E-state index in [4.69, 9.17) is 9.47 Å². The van der Waals surface area contributed by atoms with Crippen molar-refractivity contribution in [2.24, 2.45) is 0 Å². The van der Waals surface area contributed by atoms with Gasteiger partial charge in [0, 0.05) is 18.7 Å². The lowest BCUT2D eigenvalue weighted by atomic mass is 9.94. The molecule has 0 aromatic rings. The number of carbonyl (C=O) groups is 1. The third-order valence-corrected chi connectivity index (χ3v) is 3.05. The zero-order chi connectivity index (χ0) is 11.3. The summed E-state index contributed by atoms with van der Waals surface area (Å²) in [6.07, 6.45) is 1.63. The minimum absolute atomic E-state index is 0.00644. The highest BCUT2D eigenvalue weighted by molar-refractivity contribution is 5.69. The summed E-state index contributed by atoms with van der Waals surface area (Å²) in [5, 5.41) is 3.37. The Labute approximate surface area is 91.3 Å². The first-order chi connectivity index (χ1) is 7.08. The molecule has 1 N–H and O–H groups in total. The molecule has 0 radical (unpaired) electrons. The van der Waals surface area contributed by atoms with Crippen LogP contribution in [0.4, 0.5) is 0 Å². The predicted molar refractivity (Wildman–Crippen MR) is 57.7 cm³/mol. The molecule has 2 atom stereocenters. The van der Waals surface area contributed by atoms with Gasteiger partial charge in [-0.05, 0) is 27.2 Å². The Kier molecular flexibility index (Phi) is 4.54. The number of hydrogen-bond acceptors (Lipinski definition) is 4. The zero-order valence-corrected chi connectivity index (χ0v) is 9.84. The van der Waals surface area contributed by atoms with Crippen LogP contribution in [0.3, 0.4) is 0 Å². The summed E-state index contributed by atoms with van der Waals surface area (Å²) in [6, 6.07) is 0. The van der Waals surface area contributed by atoms with Gasteiger partial charge in [-0.1, -0.05) is 0 Å². The van der Waals surface area contributed by atoms with Crippen LogP contribution in [-0.2, 0) is 14.3 Å². The van der Waals surface area contributed by atoms with Gasteiger partial charge in [0.1, 0.15) is 0 Å². The van der Waals surface area contributed by atoms with Crippen molar-refractivity contribution >= 4 is 5.97 Å². The lowest BCUT2D eigenvalue weighted by molar-refractivity contribution is -0.143. The topological polar surface area (TPSA) is 47.6 Å². The average Bonchev–Trinajstić information content (AvgIpc) is 2.48. The Bertz CT molecular complexity index is 220. The fourth-order valence-corrected chi connectivity index (χ4v) is 1.75. The van der Waals surface area contributed by atoms with E-state index in [0.717, 1.165) is 13.0 Å². The van der Waals surface area contributed by atoms with Gasteiger partial charge in [-0.3, -0.25) is 4.79 Å². The van der Waals surface area contributed by atoms with E-state index in [1.807, 2.05) is 6.92 Å². The largest absolute Gasteiger partial charge is 0.466 e. The van der Waals surface area contributed by atoms with E-state index in [-0.39, 0.29) is 17.6 Å². The van der Waals surface area contributed by atoms with Crippen LogP contribution >= 0.6 is 0 Å². The van der Waals surface area contributed by atoms with Crippen LogP contribution in [0.15, 0.2) is 0 Å². The van der Waals surface area contributed by atoms with Crippen LogP contribution < -0.4 is 5.32 Å². The summed E-state index contributed by atoms with van der Waals surface area (Å²) in [5.41, 5.74) is 0.00644. The van der Waals surface area contributed by atoms with Crippen molar-refractivity contribution in [2.75, 3.05) is 19.8 Å². The number of rotatable bonds is 5. The molecule has 4 heteroatoms. The first-order valence-electron chi connectivity index (χ1n) is 5.61. The SMILES string of the molecule is CCOC(=O)CCN[C@@]1(C)CCO[C@H]1C. The normalized spacial score (nSPS) is 30.5. The molecule has 0 aromatic carbocycles. The zero-order valence-electron chi connectivity index (χ0n) is 9.84. The molecule has 1 fully saturated rings. The van der Waals surface area contributed by atoms with Crippen LogP contribution in [0.5, 0.6) is 0 Å². The summed E-state index contributed by atoms with van der Waals surface area (Å²) < 4.78 is 10.4. The smallest absolute Gasteiger partial charge is 0.307 e. The molecule has 0 aromatic heterocycles. The maximum Gasteiger partial charge on any atom is 0.307 e. The van der Waals surface area contributed by atoms with Crippen molar-refractivity contribution < 1.29 is 14.3 Å². The summed E-state index contributed by atoms with van der Waals surface area (Å²) in [7, 11) is 0. The molecule has 1 aliphatic rings. The summed E-state index contributed by atoms with van der Waals surface area (Å²) in [4.78, 5) is 11.1. The number of carbonyl (C=O) groups excluding carboxylic acids is 1. The maximum absolute atomic E-state index is 11.1. The van der Waals surface area contributed by atoms with Gasteiger partial charge in [0.15, 0.2) is 0 Å². The average molecular weight is 215 g/mol. The first kappa shape index (κ1) is 12.5. The molecule has 1 saturated heterocycles. The van der Waals surface area contributed by atoms with Crippen LogP contribution in [0, 0.1) is 0 Å². The van der Waals surface area contributed by atoms with Crippen LogP contribution in [0.25, 0.3) is 0 Å².